The van der Waals surface area contributed by atoms with Gasteiger partial charge in [-0.2, -0.15) is 0 Å². The molecule has 2 rings (SSSR count). The number of benzene rings is 1. The van der Waals surface area contributed by atoms with Crippen molar-refractivity contribution >= 4 is 11.6 Å². The molecule has 5 nitrogen and oxygen atoms in total. The van der Waals surface area contributed by atoms with E-state index in [2.05, 4.69) is 5.32 Å². The van der Waals surface area contributed by atoms with Crippen molar-refractivity contribution in [3.63, 3.8) is 0 Å². The zero-order valence-corrected chi connectivity index (χ0v) is 10.4. The monoisotopic (exact) mass is 250 g/mol. The number of ether oxygens (including phenoxy) is 2. The number of hydrogen-bond donors (Lipinski definition) is 2. The number of carbonyl (C=O) groups excluding carboxylic acids is 1. The van der Waals surface area contributed by atoms with Crippen LogP contribution < -0.4 is 15.8 Å². The molecule has 1 atom stereocenters. The van der Waals surface area contributed by atoms with Gasteiger partial charge in [-0.1, -0.05) is 12.1 Å². The van der Waals surface area contributed by atoms with Gasteiger partial charge in [0, 0.05) is 6.61 Å². The number of hydrogen-bond acceptors (Lipinski definition) is 4. The molecule has 3 N–H and O–H groups in total. The third-order valence-electron chi connectivity index (χ3n) is 2.94. The molecular weight excluding hydrogens is 232 g/mol. The predicted molar refractivity (Wildman–Crippen MR) is 68.3 cm³/mol. The average Bonchev–Trinajstić information content (AvgIpc) is 2.74. The summed E-state index contributed by atoms with van der Waals surface area (Å²) in [4.78, 5) is 11.8. The van der Waals surface area contributed by atoms with E-state index in [9.17, 15) is 4.79 Å². The molecule has 0 aliphatic carbocycles. The molecule has 1 unspecified atom stereocenters. The number of amides is 1. The second kappa shape index (κ2) is 5.27. The van der Waals surface area contributed by atoms with E-state index in [1.165, 1.54) is 0 Å². The zero-order chi connectivity index (χ0) is 13.0. The van der Waals surface area contributed by atoms with Crippen molar-refractivity contribution in [3.05, 3.63) is 24.3 Å². The number of nitrogens with one attached hydrogen (secondary N) is 1. The molecule has 0 aromatic heterocycles. The number of rotatable bonds is 4. The largest absolute Gasteiger partial charge is 0.482 e. The number of carbonyl (C=O) groups is 1. The van der Waals surface area contributed by atoms with Gasteiger partial charge in [0.1, 0.15) is 5.75 Å². The van der Waals surface area contributed by atoms with Crippen LogP contribution in [0.3, 0.4) is 0 Å². The fourth-order valence-electron chi connectivity index (χ4n) is 1.89. The Labute approximate surface area is 106 Å². The molecule has 0 radical (unpaired) electrons. The Morgan fingerprint density at radius 3 is 3.00 bits per heavy atom. The third-order valence-corrected chi connectivity index (χ3v) is 2.94. The van der Waals surface area contributed by atoms with E-state index in [4.69, 9.17) is 15.2 Å². The number of nitrogens with two attached hydrogens (primary N) is 1. The molecule has 1 aliphatic rings. The summed E-state index contributed by atoms with van der Waals surface area (Å²) in [5.41, 5.74) is 5.97. The Kier molecular flexibility index (Phi) is 3.72. The minimum Gasteiger partial charge on any atom is -0.482 e. The summed E-state index contributed by atoms with van der Waals surface area (Å²) in [5, 5.41) is 2.92. The molecule has 1 aliphatic heterocycles. The highest BCUT2D eigenvalue weighted by atomic mass is 16.5. The predicted octanol–water partition coefficient (Wildman–Crippen LogP) is 0.943. The minimum absolute atomic E-state index is 0.0379. The first-order valence-corrected chi connectivity index (χ1v) is 5.95. The molecule has 0 bridgehead atoms. The molecule has 18 heavy (non-hydrogen) atoms. The van der Waals surface area contributed by atoms with E-state index < -0.39 is 0 Å². The van der Waals surface area contributed by atoms with Gasteiger partial charge in [0.05, 0.1) is 17.8 Å². The summed E-state index contributed by atoms with van der Waals surface area (Å²) in [6, 6.07) is 7.11. The molecule has 98 valence electrons. The topological polar surface area (TPSA) is 73.6 Å². The number of para-hydroxylation sites is 2. The molecule has 5 heteroatoms. The van der Waals surface area contributed by atoms with Gasteiger partial charge in [0.2, 0.25) is 0 Å². The molecule has 1 saturated heterocycles. The summed E-state index contributed by atoms with van der Waals surface area (Å²) >= 11 is 0. The van der Waals surface area contributed by atoms with Crippen LogP contribution in [0.25, 0.3) is 0 Å². The maximum atomic E-state index is 11.8. The maximum Gasteiger partial charge on any atom is 0.258 e. The Bertz CT molecular complexity index is 428. The van der Waals surface area contributed by atoms with Crippen LogP contribution in [0.2, 0.25) is 0 Å². The molecule has 1 amide bonds. The Morgan fingerprint density at radius 1 is 1.56 bits per heavy atom. The Balaban J connectivity index is 1.83. The standard InChI is InChI=1S/C13H18N2O3/c1-13(6-7-17-9-13)15-12(16)8-18-11-5-3-2-4-10(11)14/h2-5H,6-9,14H2,1H3,(H,15,16). The van der Waals surface area contributed by atoms with Crippen LogP contribution in [0.15, 0.2) is 24.3 Å². The summed E-state index contributed by atoms with van der Waals surface area (Å²) in [6.07, 6.45) is 0.826. The Morgan fingerprint density at radius 2 is 2.33 bits per heavy atom. The van der Waals surface area contributed by atoms with Crippen LogP contribution in [-0.2, 0) is 9.53 Å². The van der Waals surface area contributed by atoms with E-state index in [1.54, 1.807) is 12.1 Å². The second-order valence-corrected chi connectivity index (χ2v) is 4.74. The molecule has 1 fully saturated rings. The van der Waals surface area contributed by atoms with Crippen LogP contribution in [0.1, 0.15) is 13.3 Å². The second-order valence-electron chi connectivity index (χ2n) is 4.74. The van der Waals surface area contributed by atoms with Crippen molar-refractivity contribution < 1.29 is 14.3 Å². The van der Waals surface area contributed by atoms with E-state index in [0.717, 1.165) is 6.42 Å². The molecule has 1 heterocycles. The molecule has 1 aromatic carbocycles. The van der Waals surface area contributed by atoms with Crippen molar-refractivity contribution in [2.75, 3.05) is 25.6 Å². The van der Waals surface area contributed by atoms with Crippen LogP contribution in [0, 0.1) is 0 Å². The van der Waals surface area contributed by atoms with Gasteiger partial charge in [0.15, 0.2) is 6.61 Å². The average molecular weight is 250 g/mol. The number of nitrogen functional groups attached to an aromatic ring is 1. The van der Waals surface area contributed by atoms with E-state index in [-0.39, 0.29) is 18.1 Å². The lowest BCUT2D eigenvalue weighted by Crippen LogP contribution is -2.48. The van der Waals surface area contributed by atoms with Gasteiger partial charge >= 0.3 is 0 Å². The third kappa shape index (κ3) is 3.13. The smallest absolute Gasteiger partial charge is 0.258 e. The fourth-order valence-corrected chi connectivity index (χ4v) is 1.89. The lowest BCUT2D eigenvalue weighted by atomic mass is 10.0. The van der Waals surface area contributed by atoms with Gasteiger partial charge in [-0.25, -0.2) is 0 Å². The highest BCUT2D eigenvalue weighted by Crippen LogP contribution is 2.20. The fraction of sp³-hybridized carbons (Fsp3) is 0.462. The molecular formula is C13H18N2O3. The van der Waals surface area contributed by atoms with Gasteiger partial charge < -0.3 is 20.5 Å². The van der Waals surface area contributed by atoms with Crippen molar-refractivity contribution in [2.24, 2.45) is 0 Å². The summed E-state index contributed by atoms with van der Waals surface area (Å²) in [5.74, 6) is 0.367. The van der Waals surface area contributed by atoms with Crippen LogP contribution in [-0.4, -0.2) is 31.3 Å². The SMILES string of the molecule is CC1(NC(=O)COc2ccccc2N)CCOC1. The number of anilines is 1. The van der Waals surface area contributed by atoms with Gasteiger partial charge in [-0.15, -0.1) is 0 Å². The molecule has 1 aromatic rings. The van der Waals surface area contributed by atoms with E-state index in [1.807, 2.05) is 19.1 Å². The van der Waals surface area contributed by atoms with Gasteiger partial charge in [-0.05, 0) is 25.5 Å². The quantitative estimate of drug-likeness (QED) is 0.780. The van der Waals surface area contributed by atoms with E-state index >= 15 is 0 Å². The molecule has 0 spiro atoms. The van der Waals surface area contributed by atoms with Gasteiger partial charge in [-0.3, -0.25) is 4.79 Å². The van der Waals surface area contributed by atoms with E-state index in [0.29, 0.717) is 24.7 Å². The Hall–Kier alpha value is -1.75. The van der Waals surface area contributed by atoms with Crippen LogP contribution in [0.4, 0.5) is 5.69 Å². The molecule has 0 saturated carbocycles. The normalized spacial score (nSPS) is 22.7. The summed E-state index contributed by atoms with van der Waals surface area (Å²) in [7, 11) is 0. The lowest BCUT2D eigenvalue weighted by Gasteiger charge is -2.23. The lowest BCUT2D eigenvalue weighted by molar-refractivity contribution is -0.124. The zero-order valence-electron chi connectivity index (χ0n) is 10.4. The summed E-state index contributed by atoms with van der Waals surface area (Å²) < 4.78 is 10.6. The first-order valence-electron chi connectivity index (χ1n) is 5.95. The van der Waals surface area contributed by atoms with Crippen molar-refractivity contribution in [1.29, 1.82) is 0 Å². The van der Waals surface area contributed by atoms with Gasteiger partial charge in [0.25, 0.3) is 5.91 Å². The van der Waals surface area contributed by atoms with Crippen molar-refractivity contribution in [3.8, 4) is 5.75 Å². The minimum atomic E-state index is -0.275. The van der Waals surface area contributed by atoms with Crippen LogP contribution in [0.5, 0.6) is 5.75 Å². The van der Waals surface area contributed by atoms with Crippen LogP contribution >= 0.6 is 0 Å². The summed E-state index contributed by atoms with van der Waals surface area (Å²) in [6.45, 7) is 3.16. The van der Waals surface area contributed by atoms with Crippen molar-refractivity contribution in [2.45, 2.75) is 18.9 Å². The highest BCUT2D eigenvalue weighted by Gasteiger charge is 2.31. The highest BCUT2D eigenvalue weighted by molar-refractivity contribution is 5.78. The van der Waals surface area contributed by atoms with Crippen molar-refractivity contribution in [1.82, 2.24) is 5.32 Å². The first kappa shape index (κ1) is 12.7. The first-order chi connectivity index (χ1) is 8.59. The maximum absolute atomic E-state index is 11.8.